The second-order valence-corrected chi connectivity index (χ2v) is 3.81. The van der Waals surface area contributed by atoms with E-state index in [1.807, 2.05) is 0 Å². The zero-order valence-corrected chi connectivity index (χ0v) is 9.66. The fourth-order valence-electron chi connectivity index (χ4n) is 1.69. The lowest BCUT2D eigenvalue weighted by Crippen LogP contribution is -1.92. The van der Waals surface area contributed by atoms with Gasteiger partial charge in [-0.1, -0.05) is 24.3 Å². The number of benzene rings is 1. The summed E-state index contributed by atoms with van der Waals surface area (Å²) >= 11 is 0. The molecule has 3 heteroatoms. The maximum atomic E-state index is 5.47. The van der Waals surface area contributed by atoms with Crippen LogP contribution in [0, 0.1) is 6.92 Å². The smallest absolute Gasteiger partial charge is 0.294 e. The van der Waals surface area contributed by atoms with E-state index in [1.54, 1.807) is 13.2 Å². The first-order valence-electron chi connectivity index (χ1n) is 5.46. The fraction of sp³-hybridized carbons (Fsp3) is 0.308. The van der Waals surface area contributed by atoms with Crippen molar-refractivity contribution < 1.29 is 4.42 Å². The van der Waals surface area contributed by atoms with E-state index in [4.69, 9.17) is 4.42 Å². The Kier molecular flexibility index (Phi) is 3.25. The molecule has 2 rings (SSSR count). The van der Waals surface area contributed by atoms with E-state index in [1.165, 1.54) is 11.1 Å². The van der Waals surface area contributed by atoms with Gasteiger partial charge in [0.15, 0.2) is 0 Å². The molecule has 0 saturated carbocycles. The predicted molar refractivity (Wildman–Crippen MR) is 64.6 cm³/mol. The number of aromatic nitrogens is 1. The molecule has 1 aromatic heterocycles. The summed E-state index contributed by atoms with van der Waals surface area (Å²) in [6.07, 6.45) is 3.66. The SMILES string of the molecule is CNc1ncc(CCc2ccccc2C)o1. The molecule has 0 aliphatic carbocycles. The third-order valence-electron chi connectivity index (χ3n) is 2.67. The average molecular weight is 216 g/mol. The summed E-state index contributed by atoms with van der Waals surface area (Å²) in [5.74, 6) is 0.924. The van der Waals surface area contributed by atoms with Crippen molar-refractivity contribution >= 4 is 6.01 Å². The molecule has 0 unspecified atom stereocenters. The number of nitrogens with zero attached hydrogens (tertiary/aromatic N) is 1. The van der Waals surface area contributed by atoms with Crippen LogP contribution in [0.2, 0.25) is 0 Å². The number of nitrogens with one attached hydrogen (secondary N) is 1. The highest BCUT2D eigenvalue weighted by Gasteiger charge is 2.03. The highest BCUT2D eigenvalue weighted by molar-refractivity contribution is 5.26. The standard InChI is InChI=1S/C13H16N2O/c1-10-5-3-4-6-11(10)7-8-12-9-15-13(14-2)16-12/h3-6,9H,7-8H2,1-2H3,(H,14,15). The van der Waals surface area contributed by atoms with Crippen LogP contribution in [0.3, 0.4) is 0 Å². The van der Waals surface area contributed by atoms with Crippen LogP contribution in [-0.2, 0) is 12.8 Å². The number of rotatable bonds is 4. The molecule has 0 amide bonds. The lowest BCUT2D eigenvalue weighted by Gasteiger charge is -2.03. The number of aryl methyl sites for hydroxylation is 3. The molecule has 1 N–H and O–H groups in total. The topological polar surface area (TPSA) is 38.1 Å². The van der Waals surface area contributed by atoms with Gasteiger partial charge in [-0.25, -0.2) is 4.98 Å². The van der Waals surface area contributed by atoms with Crippen molar-refractivity contribution in [2.45, 2.75) is 19.8 Å². The molecular weight excluding hydrogens is 200 g/mol. The summed E-state index contributed by atoms with van der Waals surface area (Å²) in [5.41, 5.74) is 2.70. The molecule has 3 nitrogen and oxygen atoms in total. The summed E-state index contributed by atoms with van der Waals surface area (Å²) in [7, 11) is 1.80. The Bertz CT molecular complexity index is 462. The van der Waals surface area contributed by atoms with Crippen molar-refractivity contribution in [2.75, 3.05) is 12.4 Å². The van der Waals surface area contributed by atoms with Gasteiger partial charge in [-0.2, -0.15) is 0 Å². The molecule has 0 spiro atoms. The molecule has 0 aliphatic heterocycles. The van der Waals surface area contributed by atoms with Crippen molar-refractivity contribution in [1.82, 2.24) is 4.98 Å². The predicted octanol–water partition coefficient (Wildman–Crippen LogP) is 2.81. The monoisotopic (exact) mass is 216 g/mol. The summed E-state index contributed by atoms with van der Waals surface area (Å²) in [5, 5.41) is 2.88. The summed E-state index contributed by atoms with van der Waals surface area (Å²) in [6.45, 7) is 2.13. The quantitative estimate of drug-likeness (QED) is 0.854. The van der Waals surface area contributed by atoms with Crippen molar-refractivity contribution in [3.63, 3.8) is 0 Å². The first-order chi connectivity index (χ1) is 7.79. The summed E-state index contributed by atoms with van der Waals surface area (Å²) < 4.78 is 5.47. The van der Waals surface area contributed by atoms with Gasteiger partial charge in [0.1, 0.15) is 5.76 Å². The molecule has 2 aromatic rings. The van der Waals surface area contributed by atoms with Crippen LogP contribution in [-0.4, -0.2) is 12.0 Å². The third kappa shape index (κ3) is 2.42. The molecular formula is C13H16N2O. The van der Waals surface area contributed by atoms with Crippen LogP contribution < -0.4 is 5.32 Å². The van der Waals surface area contributed by atoms with Crippen LogP contribution in [0.5, 0.6) is 0 Å². The van der Waals surface area contributed by atoms with Gasteiger partial charge in [-0.3, -0.25) is 0 Å². The molecule has 0 atom stereocenters. The molecule has 0 radical (unpaired) electrons. The van der Waals surface area contributed by atoms with Crippen molar-refractivity contribution in [2.24, 2.45) is 0 Å². The van der Waals surface area contributed by atoms with Gasteiger partial charge in [-0.05, 0) is 24.5 Å². The van der Waals surface area contributed by atoms with E-state index in [0.29, 0.717) is 6.01 Å². The van der Waals surface area contributed by atoms with E-state index in [0.717, 1.165) is 18.6 Å². The summed E-state index contributed by atoms with van der Waals surface area (Å²) in [4.78, 5) is 4.09. The van der Waals surface area contributed by atoms with Gasteiger partial charge < -0.3 is 9.73 Å². The largest absolute Gasteiger partial charge is 0.429 e. The van der Waals surface area contributed by atoms with Gasteiger partial charge in [-0.15, -0.1) is 0 Å². The Morgan fingerprint density at radius 3 is 2.75 bits per heavy atom. The zero-order valence-electron chi connectivity index (χ0n) is 9.66. The van der Waals surface area contributed by atoms with Crippen molar-refractivity contribution in [1.29, 1.82) is 0 Å². The van der Waals surface area contributed by atoms with Gasteiger partial charge in [0.25, 0.3) is 6.01 Å². The van der Waals surface area contributed by atoms with E-state index < -0.39 is 0 Å². The highest BCUT2D eigenvalue weighted by Crippen LogP contribution is 2.13. The molecule has 16 heavy (non-hydrogen) atoms. The zero-order chi connectivity index (χ0) is 11.4. The maximum Gasteiger partial charge on any atom is 0.294 e. The lowest BCUT2D eigenvalue weighted by atomic mass is 10.0. The van der Waals surface area contributed by atoms with E-state index in [2.05, 4.69) is 41.5 Å². The lowest BCUT2D eigenvalue weighted by molar-refractivity contribution is 0.518. The Morgan fingerprint density at radius 1 is 1.25 bits per heavy atom. The Balaban J connectivity index is 1.99. The van der Waals surface area contributed by atoms with Gasteiger partial charge in [0.2, 0.25) is 0 Å². The molecule has 1 aromatic carbocycles. The molecule has 0 fully saturated rings. The number of oxazole rings is 1. The second kappa shape index (κ2) is 4.84. The molecule has 0 aliphatic rings. The normalized spacial score (nSPS) is 10.4. The summed E-state index contributed by atoms with van der Waals surface area (Å²) in [6, 6.07) is 9.01. The molecule has 1 heterocycles. The van der Waals surface area contributed by atoms with E-state index in [-0.39, 0.29) is 0 Å². The van der Waals surface area contributed by atoms with Crippen molar-refractivity contribution in [3.05, 3.63) is 47.3 Å². The second-order valence-electron chi connectivity index (χ2n) is 3.81. The minimum Gasteiger partial charge on any atom is -0.429 e. The number of anilines is 1. The van der Waals surface area contributed by atoms with Crippen LogP contribution in [0.25, 0.3) is 0 Å². The number of hydrogen-bond acceptors (Lipinski definition) is 3. The first-order valence-corrected chi connectivity index (χ1v) is 5.46. The van der Waals surface area contributed by atoms with Crippen LogP contribution >= 0.6 is 0 Å². The molecule has 0 saturated heterocycles. The average Bonchev–Trinajstić information content (AvgIpc) is 2.76. The fourth-order valence-corrected chi connectivity index (χ4v) is 1.69. The van der Waals surface area contributed by atoms with Crippen LogP contribution in [0.1, 0.15) is 16.9 Å². The number of hydrogen-bond donors (Lipinski definition) is 1. The van der Waals surface area contributed by atoms with Crippen LogP contribution in [0.15, 0.2) is 34.9 Å². The van der Waals surface area contributed by atoms with Crippen molar-refractivity contribution in [3.8, 4) is 0 Å². The Morgan fingerprint density at radius 2 is 2.06 bits per heavy atom. The Labute approximate surface area is 95.5 Å². The highest BCUT2D eigenvalue weighted by atomic mass is 16.4. The minimum absolute atomic E-state index is 0.583. The van der Waals surface area contributed by atoms with Crippen LogP contribution in [0.4, 0.5) is 6.01 Å². The van der Waals surface area contributed by atoms with E-state index in [9.17, 15) is 0 Å². The minimum atomic E-state index is 0.583. The maximum absolute atomic E-state index is 5.47. The Hall–Kier alpha value is -1.77. The van der Waals surface area contributed by atoms with Gasteiger partial charge in [0, 0.05) is 13.5 Å². The third-order valence-corrected chi connectivity index (χ3v) is 2.67. The first kappa shape index (κ1) is 10.7. The van der Waals surface area contributed by atoms with Gasteiger partial charge in [0.05, 0.1) is 6.20 Å². The molecule has 84 valence electrons. The van der Waals surface area contributed by atoms with Gasteiger partial charge >= 0.3 is 0 Å². The molecule has 0 bridgehead atoms. The van der Waals surface area contributed by atoms with E-state index >= 15 is 0 Å².